The Bertz CT molecular complexity index is 569. The first kappa shape index (κ1) is 16.3. The van der Waals surface area contributed by atoms with Crippen LogP contribution in [0.5, 0.6) is 5.75 Å². The Kier molecular flexibility index (Phi) is 5.06. The third-order valence-electron chi connectivity index (χ3n) is 3.88. The Balaban J connectivity index is 2.07. The predicted molar refractivity (Wildman–Crippen MR) is 84.9 cm³/mol. The lowest BCUT2D eigenvalue weighted by atomic mass is 10.0. The molecule has 5 heteroatoms. The van der Waals surface area contributed by atoms with Gasteiger partial charge in [0, 0.05) is 13.1 Å². The minimum Gasteiger partial charge on any atom is -0.481 e. The molecule has 1 aromatic rings. The zero-order valence-electron chi connectivity index (χ0n) is 13.7. The number of piperazine rings is 1. The largest absolute Gasteiger partial charge is 0.481 e. The first-order valence-corrected chi connectivity index (χ1v) is 7.71. The van der Waals surface area contributed by atoms with Gasteiger partial charge >= 0.3 is 0 Å². The summed E-state index contributed by atoms with van der Waals surface area (Å²) in [5.41, 5.74) is 2.18. The monoisotopic (exact) mass is 304 g/mol. The highest BCUT2D eigenvalue weighted by Gasteiger charge is 2.26. The highest BCUT2D eigenvalue weighted by Crippen LogP contribution is 2.25. The van der Waals surface area contributed by atoms with E-state index in [1.54, 1.807) is 11.8 Å². The summed E-state index contributed by atoms with van der Waals surface area (Å²) >= 11 is 0. The molecule has 1 atom stereocenters. The van der Waals surface area contributed by atoms with Gasteiger partial charge in [-0.3, -0.25) is 9.59 Å². The molecule has 0 saturated carbocycles. The maximum Gasteiger partial charge on any atom is 0.263 e. The molecule has 120 valence electrons. The number of amides is 2. The van der Waals surface area contributed by atoms with Crippen molar-refractivity contribution in [2.45, 2.75) is 39.7 Å². The van der Waals surface area contributed by atoms with Gasteiger partial charge in [-0.1, -0.05) is 26.0 Å². The van der Waals surface area contributed by atoms with Gasteiger partial charge in [-0.2, -0.15) is 0 Å². The van der Waals surface area contributed by atoms with Crippen LogP contribution in [-0.2, 0) is 9.59 Å². The van der Waals surface area contributed by atoms with Crippen LogP contribution in [0, 0.1) is 6.92 Å². The second kappa shape index (κ2) is 6.81. The number of rotatable bonds is 4. The van der Waals surface area contributed by atoms with Gasteiger partial charge in [0.1, 0.15) is 5.75 Å². The van der Waals surface area contributed by atoms with E-state index in [-0.39, 0.29) is 18.4 Å². The average Bonchev–Trinajstić information content (AvgIpc) is 2.48. The molecule has 0 aliphatic carbocycles. The van der Waals surface area contributed by atoms with Crippen LogP contribution in [0.4, 0.5) is 0 Å². The quantitative estimate of drug-likeness (QED) is 0.923. The Morgan fingerprint density at radius 2 is 2.05 bits per heavy atom. The summed E-state index contributed by atoms with van der Waals surface area (Å²) in [5, 5.41) is 2.71. The van der Waals surface area contributed by atoms with Crippen molar-refractivity contribution in [3.05, 3.63) is 29.3 Å². The van der Waals surface area contributed by atoms with Crippen LogP contribution in [0.2, 0.25) is 0 Å². The van der Waals surface area contributed by atoms with Gasteiger partial charge in [0.05, 0.1) is 6.54 Å². The van der Waals surface area contributed by atoms with Crippen molar-refractivity contribution in [1.29, 1.82) is 0 Å². The molecule has 1 saturated heterocycles. The molecule has 2 rings (SSSR count). The lowest BCUT2D eigenvalue weighted by Gasteiger charge is -2.29. The Hall–Kier alpha value is -2.04. The van der Waals surface area contributed by atoms with E-state index in [0.29, 0.717) is 19.0 Å². The van der Waals surface area contributed by atoms with Crippen LogP contribution in [0.1, 0.15) is 37.8 Å². The van der Waals surface area contributed by atoms with Gasteiger partial charge in [-0.25, -0.2) is 0 Å². The molecule has 0 aromatic heterocycles. The van der Waals surface area contributed by atoms with Gasteiger partial charge in [-0.05, 0) is 37.0 Å². The molecule has 1 aliphatic rings. The van der Waals surface area contributed by atoms with Crippen LogP contribution >= 0.6 is 0 Å². The fourth-order valence-electron chi connectivity index (χ4n) is 2.43. The van der Waals surface area contributed by atoms with Crippen molar-refractivity contribution < 1.29 is 14.3 Å². The molecule has 5 nitrogen and oxygen atoms in total. The Morgan fingerprint density at radius 1 is 1.32 bits per heavy atom. The SMILES string of the molecule is Cc1ccc(C(C)C)cc1OC(C)C(=O)N1CCNC(=O)C1. The number of benzene rings is 1. The van der Waals surface area contributed by atoms with E-state index in [4.69, 9.17) is 4.74 Å². The van der Waals surface area contributed by atoms with E-state index in [1.807, 2.05) is 19.1 Å². The van der Waals surface area contributed by atoms with Gasteiger partial charge in [0.15, 0.2) is 6.10 Å². The molecule has 2 amide bonds. The number of carbonyl (C=O) groups excluding carboxylic acids is 2. The maximum atomic E-state index is 12.4. The van der Waals surface area contributed by atoms with Crippen LogP contribution in [-0.4, -0.2) is 42.5 Å². The topological polar surface area (TPSA) is 58.6 Å². The molecule has 0 spiro atoms. The van der Waals surface area contributed by atoms with Crippen LogP contribution < -0.4 is 10.1 Å². The molecule has 1 aliphatic heterocycles. The van der Waals surface area contributed by atoms with Gasteiger partial charge in [0.25, 0.3) is 5.91 Å². The third-order valence-corrected chi connectivity index (χ3v) is 3.88. The second-order valence-corrected chi connectivity index (χ2v) is 6.05. The van der Waals surface area contributed by atoms with Crippen molar-refractivity contribution in [2.24, 2.45) is 0 Å². The number of nitrogens with zero attached hydrogens (tertiary/aromatic N) is 1. The maximum absolute atomic E-state index is 12.4. The summed E-state index contributed by atoms with van der Waals surface area (Å²) in [4.78, 5) is 25.3. The number of carbonyl (C=O) groups is 2. The van der Waals surface area contributed by atoms with Crippen LogP contribution in [0.25, 0.3) is 0 Å². The fraction of sp³-hybridized carbons (Fsp3) is 0.529. The lowest BCUT2D eigenvalue weighted by molar-refractivity contribution is -0.143. The first-order valence-electron chi connectivity index (χ1n) is 7.71. The van der Waals surface area contributed by atoms with E-state index in [1.165, 1.54) is 5.56 Å². The fourth-order valence-corrected chi connectivity index (χ4v) is 2.43. The summed E-state index contributed by atoms with van der Waals surface area (Å²) in [7, 11) is 0. The average molecular weight is 304 g/mol. The molecule has 0 radical (unpaired) electrons. The lowest BCUT2D eigenvalue weighted by Crippen LogP contribution is -2.53. The van der Waals surface area contributed by atoms with Gasteiger partial charge in [0.2, 0.25) is 5.91 Å². The predicted octanol–water partition coefficient (Wildman–Crippen LogP) is 1.84. The van der Waals surface area contributed by atoms with E-state index in [2.05, 4.69) is 25.2 Å². The minimum absolute atomic E-state index is 0.109. The highest BCUT2D eigenvalue weighted by atomic mass is 16.5. The summed E-state index contributed by atoms with van der Waals surface area (Å²) in [6.07, 6.45) is -0.605. The van der Waals surface area contributed by atoms with Crippen LogP contribution in [0.15, 0.2) is 18.2 Å². The molecule has 1 unspecified atom stereocenters. The number of hydrogen-bond donors (Lipinski definition) is 1. The zero-order valence-corrected chi connectivity index (χ0v) is 13.7. The van der Waals surface area contributed by atoms with Gasteiger partial charge in [-0.15, -0.1) is 0 Å². The van der Waals surface area contributed by atoms with Gasteiger partial charge < -0.3 is 15.0 Å². The Labute approximate surface area is 131 Å². The van der Waals surface area contributed by atoms with E-state index >= 15 is 0 Å². The molecule has 0 bridgehead atoms. The van der Waals surface area contributed by atoms with Crippen molar-refractivity contribution in [1.82, 2.24) is 10.2 Å². The van der Waals surface area contributed by atoms with E-state index in [0.717, 1.165) is 11.3 Å². The number of aryl methyl sites for hydroxylation is 1. The van der Waals surface area contributed by atoms with Crippen molar-refractivity contribution in [2.75, 3.05) is 19.6 Å². The number of hydrogen-bond acceptors (Lipinski definition) is 3. The molecular weight excluding hydrogens is 280 g/mol. The number of ether oxygens (including phenoxy) is 1. The summed E-state index contributed by atoms with van der Waals surface area (Å²) in [6.45, 7) is 9.08. The molecule has 1 heterocycles. The Morgan fingerprint density at radius 3 is 2.68 bits per heavy atom. The molecule has 1 N–H and O–H groups in total. The smallest absolute Gasteiger partial charge is 0.263 e. The van der Waals surface area contributed by atoms with Crippen molar-refractivity contribution >= 4 is 11.8 Å². The molecule has 1 fully saturated rings. The first-order chi connectivity index (χ1) is 10.4. The normalized spacial score (nSPS) is 16.4. The number of nitrogens with one attached hydrogen (secondary N) is 1. The van der Waals surface area contributed by atoms with Crippen LogP contribution in [0.3, 0.4) is 0 Å². The summed E-state index contributed by atoms with van der Waals surface area (Å²) in [5.74, 6) is 0.863. The van der Waals surface area contributed by atoms with E-state index < -0.39 is 6.10 Å². The third kappa shape index (κ3) is 3.78. The van der Waals surface area contributed by atoms with Crippen molar-refractivity contribution in [3.8, 4) is 5.75 Å². The molecule has 1 aromatic carbocycles. The molecular formula is C17H24N2O3. The standard InChI is InChI=1S/C17H24N2O3/c1-11(2)14-6-5-12(3)15(9-14)22-13(4)17(21)19-8-7-18-16(20)10-19/h5-6,9,11,13H,7-8,10H2,1-4H3,(H,18,20). The zero-order chi connectivity index (χ0) is 16.3. The summed E-state index contributed by atoms with van der Waals surface area (Å²) < 4.78 is 5.86. The van der Waals surface area contributed by atoms with E-state index in [9.17, 15) is 9.59 Å². The second-order valence-electron chi connectivity index (χ2n) is 6.05. The van der Waals surface area contributed by atoms with Crippen molar-refractivity contribution in [3.63, 3.8) is 0 Å². The summed E-state index contributed by atoms with van der Waals surface area (Å²) in [6, 6.07) is 6.08. The highest BCUT2D eigenvalue weighted by molar-refractivity contribution is 5.88. The minimum atomic E-state index is -0.605. The molecule has 22 heavy (non-hydrogen) atoms.